The van der Waals surface area contributed by atoms with Crippen molar-refractivity contribution in [2.45, 2.75) is 56.3 Å². The maximum atomic E-state index is 13.8. The summed E-state index contributed by atoms with van der Waals surface area (Å²) in [6, 6.07) is 23.6. The van der Waals surface area contributed by atoms with Gasteiger partial charge in [0, 0.05) is 19.4 Å². The normalized spacial score (nSPS) is 13.4. The largest absolute Gasteiger partial charge is 0.370 e. The van der Waals surface area contributed by atoms with Crippen molar-refractivity contribution in [2.75, 3.05) is 6.54 Å². The van der Waals surface area contributed by atoms with Gasteiger partial charge in [-0.25, -0.2) is 0 Å². The van der Waals surface area contributed by atoms with E-state index in [1.165, 1.54) is 0 Å². The summed E-state index contributed by atoms with van der Waals surface area (Å²) in [4.78, 5) is 56.6. The summed E-state index contributed by atoms with van der Waals surface area (Å²) >= 11 is 0. The molecule has 3 rings (SSSR count). The van der Waals surface area contributed by atoms with Gasteiger partial charge in [0.2, 0.25) is 23.6 Å². The summed E-state index contributed by atoms with van der Waals surface area (Å²) in [6.45, 7) is 0.249. The van der Waals surface area contributed by atoms with Crippen LogP contribution < -0.4 is 38.9 Å². The van der Waals surface area contributed by atoms with Crippen molar-refractivity contribution in [1.82, 2.24) is 16.0 Å². The van der Waals surface area contributed by atoms with Crippen LogP contribution in [-0.4, -0.2) is 60.3 Å². The van der Waals surface area contributed by atoms with E-state index in [-0.39, 0.29) is 38.2 Å². The molecule has 0 heterocycles. The lowest BCUT2D eigenvalue weighted by Crippen LogP contribution is -2.58. The highest BCUT2D eigenvalue weighted by Crippen LogP contribution is 2.09. The van der Waals surface area contributed by atoms with E-state index in [0.717, 1.165) is 16.7 Å². The van der Waals surface area contributed by atoms with Crippen LogP contribution in [-0.2, 0) is 38.4 Å². The van der Waals surface area contributed by atoms with E-state index in [9.17, 15) is 19.2 Å². The van der Waals surface area contributed by atoms with Gasteiger partial charge < -0.3 is 38.9 Å². The van der Waals surface area contributed by atoms with Gasteiger partial charge in [0.15, 0.2) is 5.96 Å². The molecule has 0 aromatic heterocycles. The standard InChI is InChI=1S/C33H42N8O4/c34-25(19-22-11-4-1-5-12-22)30(43)40-27(20-23-13-6-2-7-14-23)32(45)41-28(21-24-15-8-3-9-16-24)31(44)39-26(29(35)42)17-10-18-38-33(36)37/h1-9,11-16,25-28H,10,17-21,34H2,(H2,35,42)(H,39,44)(H,40,43)(H,41,45)(H4,36,37,38)/t25-,26-,27-,28-/m0/s1. The molecular formula is C33H42N8O4. The Kier molecular flexibility index (Phi) is 13.5. The number of amides is 4. The van der Waals surface area contributed by atoms with Gasteiger partial charge >= 0.3 is 0 Å². The van der Waals surface area contributed by atoms with Crippen molar-refractivity contribution in [3.63, 3.8) is 0 Å². The zero-order valence-electron chi connectivity index (χ0n) is 25.1. The van der Waals surface area contributed by atoms with Crippen LogP contribution in [0.25, 0.3) is 0 Å². The molecule has 3 aromatic rings. The minimum absolute atomic E-state index is 0.0848. The molecule has 4 atom stereocenters. The minimum Gasteiger partial charge on any atom is -0.370 e. The molecule has 12 nitrogen and oxygen atoms in total. The van der Waals surface area contributed by atoms with E-state index in [0.29, 0.717) is 6.42 Å². The number of benzene rings is 3. The summed E-state index contributed by atoms with van der Waals surface area (Å²) in [5.74, 6) is -2.52. The molecule has 0 fully saturated rings. The highest BCUT2D eigenvalue weighted by Gasteiger charge is 2.30. The predicted octanol–water partition coefficient (Wildman–Crippen LogP) is 0.0351. The van der Waals surface area contributed by atoms with Crippen LogP contribution in [0.3, 0.4) is 0 Å². The monoisotopic (exact) mass is 614 g/mol. The van der Waals surface area contributed by atoms with Crippen molar-refractivity contribution >= 4 is 29.6 Å². The lowest BCUT2D eigenvalue weighted by atomic mass is 10.0. The number of carbonyl (C=O) groups is 4. The van der Waals surface area contributed by atoms with Crippen molar-refractivity contribution in [1.29, 1.82) is 0 Å². The molecule has 4 amide bonds. The second kappa shape index (κ2) is 17.8. The zero-order valence-corrected chi connectivity index (χ0v) is 25.1. The molecule has 0 bridgehead atoms. The van der Waals surface area contributed by atoms with Gasteiger partial charge in [-0.1, -0.05) is 91.0 Å². The predicted molar refractivity (Wildman–Crippen MR) is 173 cm³/mol. The van der Waals surface area contributed by atoms with Gasteiger partial charge in [0.05, 0.1) is 6.04 Å². The number of guanidine groups is 1. The Morgan fingerprint density at radius 2 is 0.978 bits per heavy atom. The van der Waals surface area contributed by atoms with Gasteiger partial charge in [0.25, 0.3) is 0 Å². The number of primary amides is 1. The highest BCUT2D eigenvalue weighted by atomic mass is 16.2. The molecule has 45 heavy (non-hydrogen) atoms. The fourth-order valence-corrected chi connectivity index (χ4v) is 4.69. The van der Waals surface area contributed by atoms with E-state index < -0.39 is 47.8 Å². The third kappa shape index (κ3) is 12.1. The molecule has 0 aliphatic rings. The van der Waals surface area contributed by atoms with Crippen molar-refractivity contribution in [3.05, 3.63) is 108 Å². The summed E-state index contributed by atoms with van der Waals surface area (Å²) in [5.41, 5.74) is 25.0. The molecule has 11 N–H and O–H groups in total. The zero-order chi connectivity index (χ0) is 32.6. The summed E-state index contributed by atoms with van der Waals surface area (Å²) in [6.07, 6.45) is 1.14. The Morgan fingerprint density at radius 1 is 0.578 bits per heavy atom. The Balaban J connectivity index is 1.79. The summed E-state index contributed by atoms with van der Waals surface area (Å²) < 4.78 is 0. The van der Waals surface area contributed by atoms with Crippen LogP contribution in [0, 0.1) is 0 Å². The minimum atomic E-state index is -1.09. The first-order valence-corrected chi connectivity index (χ1v) is 14.8. The molecule has 0 saturated carbocycles. The van der Waals surface area contributed by atoms with Gasteiger partial charge in [-0.3, -0.25) is 24.2 Å². The molecule has 3 aromatic carbocycles. The van der Waals surface area contributed by atoms with Crippen LogP contribution in [0.2, 0.25) is 0 Å². The van der Waals surface area contributed by atoms with E-state index >= 15 is 0 Å². The molecular weight excluding hydrogens is 572 g/mol. The van der Waals surface area contributed by atoms with Crippen molar-refractivity contribution in [2.24, 2.45) is 27.9 Å². The number of hydrogen-bond acceptors (Lipinski definition) is 6. The number of hydrogen-bond donors (Lipinski definition) is 7. The molecule has 12 heteroatoms. The summed E-state index contributed by atoms with van der Waals surface area (Å²) in [5, 5.41) is 8.23. The average molecular weight is 615 g/mol. The molecule has 238 valence electrons. The first-order valence-electron chi connectivity index (χ1n) is 14.8. The second-order valence-corrected chi connectivity index (χ2v) is 10.7. The van der Waals surface area contributed by atoms with Gasteiger partial charge in [0.1, 0.15) is 18.1 Å². The van der Waals surface area contributed by atoms with E-state index in [2.05, 4.69) is 20.9 Å². The van der Waals surface area contributed by atoms with Gasteiger partial charge in [-0.15, -0.1) is 0 Å². The Hall–Kier alpha value is -5.23. The van der Waals surface area contributed by atoms with Crippen LogP contribution >= 0.6 is 0 Å². The van der Waals surface area contributed by atoms with Crippen molar-refractivity contribution < 1.29 is 19.2 Å². The maximum Gasteiger partial charge on any atom is 0.243 e. The Morgan fingerprint density at radius 3 is 1.40 bits per heavy atom. The Bertz CT molecular complexity index is 1420. The van der Waals surface area contributed by atoms with Crippen LogP contribution in [0.5, 0.6) is 0 Å². The maximum absolute atomic E-state index is 13.8. The number of nitrogens with two attached hydrogens (primary N) is 4. The molecule has 0 unspecified atom stereocenters. The summed E-state index contributed by atoms with van der Waals surface area (Å²) in [7, 11) is 0. The van der Waals surface area contributed by atoms with Crippen molar-refractivity contribution in [3.8, 4) is 0 Å². The van der Waals surface area contributed by atoms with E-state index in [4.69, 9.17) is 22.9 Å². The Labute approximate surface area is 263 Å². The highest BCUT2D eigenvalue weighted by molar-refractivity contribution is 5.95. The van der Waals surface area contributed by atoms with Gasteiger partial charge in [-0.2, -0.15) is 0 Å². The smallest absolute Gasteiger partial charge is 0.243 e. The van der Waals surface area contributed by atoms with E-state index in [1.807, 2.05) is 91.0 Å². The molecule has 0 aliphatic heterocycles. The molecule has 0 saturated heterocycles. The SMILES string of the molecule is NC(=O)[C@H](CCCN=C(N)N)NC(=O)[C@H](Cc1ccccc1)NC(=O)[C@H](Cc1ccccc1)NC(=O)[C@@H](N)Cc1ccccc1. The first-order chi connectivity index (χ1) is 21.6. The average Bonchev–Trinajstić information content (AvgIpc) is 3.02. The topological polar surface area (TPSA) is 221 Å². The third-order valence-electron chi connectivity index (χ3n) is 7.07. The van der Waals surface area contributed by atoms with Crippen LogP contribution in [0.15, 0.2) is 96.0 Å². The number of nitrogens with one attached hydrogen (secondary N) is 3. The number of carbonyl (C=O) groups excluding carboxylic acids is 4. The quantitative estimate of drug-likeness (QED) is 0.0627. The third-order valence-corrected chi connectivity index (χ3v) is 7.07. The van der Waals surface area contributed by atoms with Crippen LogP contribution in [0.1, 0.15) is 29.5 Å². The molecule has 0 spiro atoms. The fraction of sp³-hybridized carbons (Fsp3) is 0.303. The molecule has 0 aliphatic carbocycles. The van der Waals surface area contributed by atoms with Crippen LogP contribution in [0.4, 0.5) is 0 Å². The first kappa shape index (κ1) is 34.3. The van der Waals surface area contributed by atoms with E-state index in [1.54, 1.807) is 0 Å². The second-order valence-electron chi connectivity index (χ2n) is 10.7. The lowest BCUT2D eigenvalue weighted by Gasteiger charge is -2.26. The molecule has 0 radical (unpaired) electrons. The van der Waals surface area contributed by atoms with Gasteiger partial charge in [-0.05, 0) is 36.0 Å². The lowest BCUT2D eigenvalue weighted by molar-refractivity contribution is -0.133. The number of nitrogens with zero attached hydrogens (tertiary/aromatic N) is 1. The number of rotatable bonds is 17. The fourth-order valence-electron chi connectivity index (χ4n) is 4.69. The number of aliphatic imine (C=N–C) groups is 1.